The average molecular weight is 225 g/mol. The van der Waals surface area contributed by atoms with Crippen LogP contribution in [0.25, 0.3) is 0 Å². The molecule has 2 fully saturated rings. The Kier molecular flexibility index (Phi) is 3.66. The van der Waals surface area contributed by atoms with Crippen molar-refractivity contribution in [1.82, 2.24) is 15.6 Å². The maximum Gasteiger partial charge on any atom is 0.206 e. The van der Waals surface area contributed by atoms with E-state index in [0.29, 0.717) is 12.1 Å². The number of hydrazine groups is 1. The molecule has 0 aromatic rings. The topological polar surface area (TPSA) is 65.7 Å². The van der Waals surface area contributed by atoms with Gasteiger partial charge in [-0.05, 0) is 33.1 Å². The van der Waals surface area contributed by atoms with Gasteiger partial charge in [0, 0.05) is 25.2 Å². The normalized spacial score (nSPS) is 27.5. The maximum atomic E-state index is 5.45. The SMILES string of the molecule is CC(C)NC(=NC1CCN(C2CC2)C1)NN. The summed E-state index contributed by atoms with van der Waals surface area (Å²) in [5, 5.41) is 3.21. The van der Waals surface area contributed by atoms with Crippen molar-refractivity contribution < 1.29 is 0 Å². The van der Waals surface area contributed by atoms with Gasteiger partial charge in [-0.1, -0.05) is 0 Å². The van der Waals surface area contributed by atoms with Gasteiger partial charge in [0.1, 0.15) is 0 Å². The van der Waals surface area contributed by atoms with Gasteiger partial charge in [-0.2, -0.15) is 0 Å². The summed E-state index contributed by atoms with van der Waals surface area (Å²) in [6, 6.07) is 1.61. The quantitative estimate of drug-likeness (QED) is 0.275. The van der Waals surface area contributed by atoms with Crippen LogP contribution >= 0.6 is 0 Å². The van der Waals surface area contributed by atoms with Gasteiger partial charge in [-0.15, -0.1) is 0 Å². The fourth-order valence-corrected chi connectivity index (χ4v) is 2.22. The molecule has 1 unspecified atom stereocenters. The molecule has 1 aliphatic heterocycles. The van der Waals surface area contributed by atoms with Crippen LogP contribution in [0.4, 0.5) is 0 Å². The fraction of sp³-hybridized carbons (Fsp3) is 0.909. The summed E-state index contributed by atoms with van der Waals surface area (Å²) < 4.78 is 0. The Morgan fingerprint density at radius 2 is 2.12 bits per heavy atom. The third kappa shape index (κ3) is 3.09. The van der Waals surface area contributed by atoms with Crippen LogP contribution in [0, 0.1) is 0 Å². The molecule has 1 aliphatic carbocycles. The summed E-state index contributed by atoms with van der Waals surface area (Å²) in [5.74, 6) is 6.17. The van der Waals surface area contributed by atoms with Crippen molar-refractivity contribution in [2.75, 3.05) is 13.1 Å². The van der Waals surface area contributed by atoms with Crippen LogP contribution in [0.3, 0.4) is 0 Å². The van der Waals surface area contributed by atoms with Crippen molar-refractivity contribution >= 4 is 5.96 Å². The van der Waals surface area contributed by atoms with E-state index in [1.807, 2.05) is 0 Å². The molecule has 5 nitrogen and oxygen atoms in total. The molecule has 0 bridgehead atoms. The highest BCUT2D eigenvalue weighted by molar-refractivity contribution is 5.79. The van der Waals surface area contributed by atoms with E-state index in [-0.39, 0.29) is 0 Å². The zero-order valence-electron chi connectivity index (χ0n) is 10.2. The van der Waals surface area contributed by atoms with Gasteiger partial charge < -0.3 is 5.32 Å². The second-order valence-electron chi connectivity index (χ2n) is 5.09. The minimum Gasteiger partial charge on any atom is -0.353 e. The van der Waals surface area contributed by atoms with E-state index in [2.05, 4.69) is 34.5 Å². The van der Waals surface area contributed by atoms with Crippen LogP contribution in [-0.2, 0) is 0 Å². The highest BCUT2D eigenvalue weighted by Crippen LogP contribution is 2.30. The molecule has 0 aromatic heterocycles. The Labute approximate surface area is 97.4 Å². The molecule has 0 amide bonds. The molecule has 92 valence electrons. The van der Waals surface area contributed by atoms with Crippen molar-refractivity contribution in [2.24, 2.45) is 10.8 Å². The maximum absolute atomic E-state index is 5.45. The predicted molar refractivity (Wildman–Crippen MR) is 66.0 cm³/mol. The Balaban J connectivity index is 1.84. The van der Waals surface area contributed by atoms with Crippen molar-refractivity contribution in [2.45, 2.75) is 51.2 Å². The molecule has 2 aliphatic rings. The standard InChI is InChI=1S/C11H23N5/c1-8(2)13-11(15-12)14-9-5-6-16(7-9)10-3-4-10/h8-10H,3-7,12H2,1-2H3,(H2,13,14,15). The first-order chi connectivity index (χ1) is 7.69. The van der Waals surface area contributed by atoms with Gasteiger partial charge in [-0.25, -0.2) is 10.8 Å². The summed E-state index contributed by atoms with van der Waals surface area (Å²) >= 11 is 0. The predicted octanol–water partition coefficient (Wildman–Crippen LogP) is 0.0404. The number of hydrogen-bond donors (Lipinski definition) is 3. The molecule has 5 heteroatoms. The van der Waals surface area contributed by atoms with E-state index < -0.39 is 0 Å². The lowest BCUT2D eigenvalue weighted by molar-refractivity contribution is 0.324. The number of guanidine groups is 1. The smallest absolute Gasteiger partial charge is 0.206 e. The number of hydrogen-bond acceptors (Lipinski definition) is 3. The van der Waals surface area contributed by atoms with Gasteiger partial charge in [0.2, 0.25) is 5.96 Å². The van der Waals surface area contributed by atoms with E-state index in [0.717, 1.165) is 25.0 Å². The fourth-order valence-electron chi connectivity index (χ4n) is 2.22. The minimum absolute atomic E-state index is 0.357. The third-order valence-corrected chi connectivity index (χ3v) is 3.13. The monoisotopic (exact) mass is 225 g/mol. The lowest BCUT2D eigenvalue weighted by Crippen LogP contribution is -2.45. The number of rotatable bonds is 3. The molecule has 2 rings (SSSR count). The number of aliphatic imine (C=N–C) groups is 1. The zero-order valence-corrected chi connectivity index (χ0v) is 10.2. The Morgan fingerprint density at radius 1 is 1.38 bits per heavy atom. The van der Waals surface area contributed by atoms with Gasteiger partial charge >= 0.3 is 0 Å². The van der Waals surface area contributed by atoms with Crippen LogP contribution in [-0.4, -0.2) is 42.1 Å². The molecular formula is C11H23N5. The Morgan fingerprint density at radius 3 is 2.69 bits per heavy atom. The summed E-state index contributed by atoms with van der Waals surface area (Å²) in [7, 11) is 0. The van der Waals surface area contributed by atoms with Gasteiger partial charge in [0.15, 0.2) is 0 Å². The molecule has 4 N–H and O–H groups in total. The van der Waals surface area contributed by atoms with Gasteiger partial charge in [0.05, 0.1) is 6.04 Å². The first-order valence-electron chi connectivity index (χ1n) is 6.24. The molecule has 1 saturated heterocycles. The second kappa shape index (κ2) is 5.01. The first-order valence-corrected chi connectivity index (χ1v) is 6.24. The third-order valence-electron chi connectivity index (χ3n) is 3.13. The van der Waals surface area contributed by atoms with Gasteiger partial charge in [0.25, 0.3) is 0 Å². The minimum atomic E-state index is 0.357. The lowest BCUT2D eigenvalue weighted by Gasteiger charge is -2.15. The van der Waals surface area contributed by atoms with E-state index in [4.69, 9.17) is 5.84 Å². The number of nitrogens with zero attached hydrogens (tertiary/aromatic N) is 2. The van der Waals surface area contributed by atoms with Crippen molar-refractivity contribution in [3.63, 3.8) is 0 Å². The molecule has 0 radical (unpaired) electrons. The van der Waals surface area contributed by atoms with Crippen LogP contribution in [0.5, 0.6) is 0 Å². The summed E-state index contributed by atoms with van der Waals surface area (Å²) in [6.07, 6.45) is 3.91. The molecule has 0 aromatic carbocycles. The number of nitrogens with one attached hydrogen (secondary N) is 2. The van der Waals surface area contributed by atoms with E-state index in [1.165, 1.54) is 19.4 Å². The molecule has 1 atom stereocenters. The summed E-state index contributed by atoms with van der Waals surface area (Å²) in [4.78, 5) is 7.18. The van der Waals surface area contributed by atoms with E-state index in [9.17, 15) is 0 Å². The Bertz CT molecular complexity index is 259. The molecular weight excluding hydrogens is 202 g/mol. The zero-order chi connectivity index (χ0) is 11.5. The van der Waals surface area contributed by atoms with Crippen LogP contribution in [0.1, 0.15) is 33.1 Å². The van der Waals surface area contributed by atoms with Crippen LogP contribution in [0.15, 0.2) is 4.99 Å². The molecule has 16 heavy (non-hydrogen) atoms. The highest BCUT2D eigenvalue weighted by atomic mass is 15.3. The molecule has 0 spiro atoms. The van der Waals surface area contributed by atoms with Crippen LogP contribution in [0.2, 0.25) is 0 Å². The summed E-state index contributed by atoms with van der Waals surface area (Å²) in [5.41, 5.74) is 2.64. The van der Waals surface area contributed by atoms with Crippen molar-refractivity contribution in [3.8, 4) is 0 Å². The van der Waals surface area contributed by atoms with Crippen molar-refractivity contribution in [3.05, 3.63) is 0 Å². The van der Waals surface area contributed by atoms with Crippen LogP contribution < -0.4 is 16.6 Å². The highest BCUT2D eigenvalue weighted by Gasteiger charge is 2.34. The molecule has 1 heterocycles. The number of likely N-dealkylation sites (tertiary alicyclic amines) is 1. The van der Waals surface area contributed by atoms with E-state index >= 15 is 0 Å². The average Bonchev–Trinajstić information content (AvgIpc) is 2.98. The summed E-state index contributed by atoms with van der Waals surface area (Å²) in [6.45, 7) is 6.45. The second-order valence-corrected chi connectivity index (χ2v) is 5.09. The largest absolute Gasteiger partial charge is 0.353 e. The molecule has 1 saturated carbocycles. The van der Waals surface area contributed by atoms with E-state index in [1.54, 1.807) is 0 Å². The first kappa shape index (κ1) is 11.7. The Hall–Kier alpha value is -0.810. The van der Waals surface area contributed by atoms with Crippen molar-refractivity contribution in [1.29, 1.82) is 0 Å². The van der Waals surface area contributed by atoms with Gasteiger partial charge in [-0.3, -0.25) is 10.3 Å². The lowest BCUT2D eigenvalue weighted by atomic mass is 10.3. The number of nitrogens with two attached hydrogens (primary N) is 1.